The van der Waals surface area contributed by atoms with Crippen LogP contribution in [0.15, 0.2) is 18.2 Å². The summed E-state index contributed by atoms with van der Waals surface area (Å²) in [6, 6.07) is 3.61. The highest BCUT2D eigenvalue weighted by Crippen LogP contribution is 2.24. The van der Waals surface area contributed by atoms with Gasteiger partial charge in [0, 0.05) is 11.6 Å². The molecule has 0 bridgehead atoms. The van der Waals surface area contributed by atoms with Gasteiger partial charge in [-0.15, -0.1) is 0 Å². The molecule has 1 atom stereocenters. The molecule has 3 nitrogen and oxygen atoms in total. The average molecular weight is 215 g/mol. The number of nitrogens with one attached hydrogen (secondary N) is 2. The second-order valence-electron chi connectivity index (χ2n) is 3.07. The first kappa shape index (κ1) is 9.27. The molecule has 2 amide bonds. The molecule has 0 saturated carbocycles. The van der Waals surface area contributed by atoms with Crippen molar-refractivity contribution < 1.29 is 9.18 Å². The maximum Gasteiger partial charge on any atom is 0.315 e. The van der Waals surface area contributed by atoms with Gasteiger partial charge in [0.05, 0.1) is 6.04 Å². The molecule has 0 radical (unpaired) electrons. The van der Waals surface area contributed by atoms with Crippen LogP contribution in [-0.2, 0) is 0 Å². The lowest BCUT2D eigenvalue weighted by Gasteiger charge is -2.10. The number of amides is 2. The number of benzene rings is 1. The minimum Gasteiger partial charge on any atom is -0.336 e. The first-order valence-corrected chi connectivity index (χ1v) is 4.54. The Bertz CT molecular complexity index is 383. The van der Waals surface area contributed by atoms with Crippen LogP contribution in [0.25, 0.3) is 0 Å². The van der Waals surface area contributed by atoms with Crippen LogP contribution in [-0.4, -0.2) is 12.6 Å². The van der Waals surface area contributed by atoms with E-state index in [4.69, 9.17) is 11.6 Å². The minimum atomic E-state index is -0.356. The summed E-state index contributed by atoms with van der Waals surface area (Å²) in [6.45, 7) is 0.433. The van der Waals surface area contributed by atoms with Gasteiger partial charge in [0.15, 0.2) is 0 Å². The normalized spacial score (nSPS) is 20.4. The Morgan fingerprint density at radius 2 is 2.29 bits per heavy atom. The fraction of sp³-hybridized carbons (Fsp3) is 0.222. The second kappa shape index (κ2) is 3.46. The van der Waals surface area contributed by atoms with E-state index in [-0.39, 0.29) is 17.9 Å². The Morgan fingerprint density at radius 1 is 1.50 bits per heavy atom. The van der Waals surface area contributed by atoms with Gasteiger partial charge in [-0.2, -0.15) is 0 Å². The molecule has 0 unspecified atom stereocenters. The zero-order chi connectivity index (χ0) is 10.1. The van der Waals surface area contributed by atoms with Gasteiger partial charge in [-0.3, -0.25) is 0 Å². The minimum absolute atomic E-state index is 0.245. The Kier molecular flexibility index (Phi) is 2.29. The van der Waals surface area contributed by atoms with Crippen molar-refractivity contribution in [3.05, 3.63) is 34.6 Å². The van der Waals surface area contributed by atoms with E-state index in [1.54, 1.807) is 0 Å². The Morgan fingerprint density at radius 3 is 2.93 bits per heavy atom. The van der Waals surface area contributed by atoms with Gasteiger partial charge in [0.25, 0.3) is 0 Å². The maximum absolute atomic E-state index is 12.9. The molecule has 0 spiro atoms. The highest BCUT2D eigenvalue weighted by Gasteiger charge is 2.23. The first-order chi connectivity index (χ1) is 6.66. The standard InChI is InChI=1S/C9H8ClFN2O/c10-7-2-1-5(11)3-6(7)8-4-12-9(14)13-8/h1-3,8H,4H2,(H2,12,13,14)/t8-/m1/s1. The van der Waals surface area contributed by atoms with Gasteiger partial charge < -0.3 is 10.6 Å². The lowest BCUT2D eigenvalue weighted by atomic mass is 10.1. The summed E-state index contributed by atoms with van der Waals surface area (Å²) in [4.78, 5) is 10.9. The zero-order valence-electron chi connectivity index (χ0n) is 7.18. The van der Waals surface area contributed by atoms with Crippen LogP contribution in [0.2, 0.25) is 5.02 Å². The number of halogens is 2. The van der Waals surface area contributed by atoms with Gasteiger partial charge in [-0.05, 0) is 23.8 Å². The molecule has 5 heteroatoms. The molecule has 1 aliphatic heterocycles. The molecule has 1 fully saturated rings. The van der Waals surface area contributed by atoms with Crippen LogP contribution < -0.4 is 10.6 Å². The van der Waals surface area contributed by atoms with E-state index in [1.165, 1.54) is 18.2 Å². The van der Waals surface area contributed by atoms with Crippen molar-refractivity contribution in [2.45, 2.75) is 6.04 Å². The third-order valence-electron chi connectivity index (χ3n) is 2.11. The molecule has 0 aliphatic carbocycles. The van der Waals surface area contributed by atoms with Crippen molar-refractivity contribution in [2.24, 2.45) is 0 Å². The van der Waals surface area contributed by atoms with Crippen molar-refractivity contribution in [3.63, 3.8) is 0 Å². The van der Waals surface area contributed by atoms with E-state index >= 15 is 0 Å². The van der Waals surface area contributed by atoms with Gasteiger partial charge >= 0.3 is 6.03 Å². The molecule has 2 N–H and O–H groups in total. The van der Waals surface area contributed by atoms with Crippen LogP contribution in [0.1, 0.15) is 11.6 Å². The maximum atomic E-state index is 12.9. The van der Waals surface area contributed by atoms with Crippen molar-refractivity contribution in [3.8, 4) is 0 Å². The second-order valence-corrected chi connectivity index (χ2v) is 3.48. The summed E-state index contributed by atoms with van der Waals surface area (Å²) >= 11 is 5.88. The number of carbonyl (C=O) groups is 1. The SMILES string of the molecule is O=C1NC[C@H](c2cc(F)ccc2Cl)N1. The Hall–Kier alpha value is -1.29. The largest absolute Gasteiger partial charge is 0.336 e. The number of hydrogen-bond donors (Lipinski definition) is 2. The fourth-order valence-corrected chi connectivity index (χ4v) is 1.67. The summed E-state index contributed by atoms with van der Waals surface area (Å²) in [5.41, 5.74) is 0.602. The van der Waals surface area contributed by atoms with Gasteiger partial charge in [-0.25, -0.2) is 9.18 Å². The van der Waals surface area contributed by atoms with Crippen molar-refractivity contribution >= 4 is 17.6 Å². The van der Waals surface area contributed by atoms with Gasteiger partial charge in [-0.1, -0.05) is 11.6 Å². The molecule has 14 heavy (non-hydrogen) atoms. The van der Waals surface area contributed by atoms with Crippen molar-refractivity contribution in [1.82, 2.24) is 10.6 Å². The predicted octanol–water partition coefficient (Wildman–Crippen LogP) is 1.83. The van der Waals surface area contributed by atoms with Gasteiger partial charge in [0.2, 0.25) is 0 Å². The van der Waals surface area contributed by atoms with Crippen LogP contribution >= 0.6 is 11.6 Å². The molecule has 2 rings (SSSR count). The molecule has 1 aromatic rings. The lowest BCUT2D eigenvalue weighted by molar-refractivity contribution is 0.247. The van der Waals surface area contributed by atoms with E-state index in [1.807, 2.05) is 0 Å². The monoisotopic (exact) mass is 214 g/mol. The molecular formula is C9H8ClFN2O. The Labute approximate surface area is 85.3 Å². The highest BCUT2D eigenvalue weighted by molar-refractivity contribution is 6.31. The van der Waals surface area contributed by atoms with E-state index in [0.29, 0.717) is 17.1 Å². The Balaban J connectivity index is 2.31. The van der Waals surface area contributed by atoms with E-state index in [0.717, 1.165) is 0 Å². The molecule has 1 aliphatic rings. The van der Waals surface area contributed by atoms with E-state index in [2.05, 4.69) is 10.6 Å². The summed E-state index contributed by atoms with van der Waals surface area (Å²) in [5.74, 6) is -0.356. The summed E-state index contributed by atoms with van der Waals surface area (Å²) in [7, 11) is 0. The van der Waals surface area contributed by atoms with Crippen molar-refractivity contribution in [2.75, 3.05) is 6.54 Å². The van der Waals surface area contributed by atoms with E-state index in [9.17, 15) is 9.18 Å². The quantitative estimate of drug-likeness (QED) is 0.736. The van der Waals surface area contributed by atoms with E-state index < -0.39 is 0 Å². The van der Waals surface area contributed by atoms with Crippen molar-refractivity contribution in [1.29, 1.82) is 0 Å². The lowest BCUT2D eigenvalue weighted by Crippen LogP contribution is -2.21. The average Bonchev–Trinajstić information content (AvgIpc) is 2.56. The predicted molar refractivity (Wildman–Crippen MR) is 50.7 cm³/mol. The topological polar surface area (TPSA) is 41.1 Å². The van der Waals surface area contributed by atoms with Gasteiger partial charge in [0.1, 0.15) is 5.82 Å². The molecule has 1 heterocycles. The van der Waals surface area contributed by atoms with Crippen LogP contribution in [0.4, 0.5) is 9.18 Å². The highest BCUT2D eigenvalue weighted by atomic mass is 35.5. The van der Waals surface area contributed by atoms with Crippen LogP contribution in [0, 0.1) is 5.82 Å². The summed E-state index contributed by atoms with van der Waals surface area (Å²) in [5, 5.41) is 5.68. The molecule has 74 valence electrons. The zero-order valence-corrected chi connectivity index (χ0v) is 7.94. The number of carbonyl (C=O) groups excluding carboxylic acids is 1. The third-order valence-corrected chi connectivity index (χ3v) is 2.45. The fourth-order valence-electron chi connectivity index (χ4n) is 1.42. The van der Waals surface area contributed by atoms with Crippen LogP contribution in [0.5, 0.6) is 0 Å². The number of urea groups is 1. The summed E-state index contributed by atoms with van der Waals surface area (Å²) in [6.07, 6.45) is 0. The molecular weight excluding hydrogens is 207 g/mol. The molecule has 1 saturated heterocycles. The summed E-state index contributed by atoms with van der Waals surface area (Å²) < 4.78 is 12.9. The number of hydrogen-bond acceptors (Lipinski definition) is 1. The smallest absolute Gasteiger partial charge is 0.315 e. The molecule has 0 aromatic heterocycles. The molecule has 1 aromatic carbocycles. The number of rotatable bonds is 1. The first-order valence-electron chi connectivity index (χ1n) is 4.16. The van der Waals surface area contributed by atoms with Crippen LogP contribution in [0.3, 0.4) is 0 Å². The third kappa shape index (κ3) is 1.65.